The van der Waals surface area contributed by atoms with Gasteiger partial charge in [-0.25, -0.2) is 0 Å². The molecule has 0 aromatic heterocycles. The second-order valence-corrected chi connectivity index (χ2v) is 8.96. The van der Waals surface area contributed by atoms with Crippen molar-refractivity contribution in [3.05, 3.63) is 101 Å². The van der Waals surface area contributed by atoms with Gasteiger partial charge in [0.15, 0.2) is 0 Å². The van der Waals surface area contributed by atoms with Crippen LogP contribution in [-0.4, -0.2) is 35.8 Å². The molecule has 0 radical (unpaired) electrons. The second kappa shape index (κ2) is 12.0. The number of carboxylic acids is 1. The van der Waals surface area contributed by atoms with Gasteiger partial charge in [-0.2, -0.15) is 0 Å². The summed E-state index contributed by atoms with van der Waals surface area (Å²) in [5.74, 6) is -2.50. The van der Waals surface area contributed by atoms with Crippen LogP contribution in [0.3, 0.4) is 0 Å². The minimum Gasteiger partial charge on any atom is -0.550 e. The fourth-order valence-corrected chi connectivity index (χ4v) is 4.40. The van der Waals surface area contributed by atoms with Crippen molar-refractivity contribution in [1.29, 1.82) is 0 Å². The zero-order chi connectivity index (χ0) is 25.3. The molecule has 7 nitrogen and oxygen atoms in total. The molecule has 1 heterocycles. The molecule has 0 fully saturated rings. The van der Waals surface area contributed by atoms with Crippen LogP contribution >= 0.6 is 0 Å². The lowest BCUT2D eigenvalue weighted by molar-refractivity contribution is -0.306. The molecule has 4 rings (SSSR count). The molecule has 0 bridgehead atoms. The number of nitrogens with one attached hydrogen (secondary N) is 1. The van der Waals surface area contributed by atoms with E-state index in [1.807, 2.05) is 78.9 Å². The highest BCUT2D eigenvalue weighted by molar-refractivity contribution is 5.84. The van der Waals surface area contributed by atoms with E-state index < -0.39 is 11.9 Å². The normalized spacial score (nSPS) is 15.1. The van der Waals surface area contributed by atoms with Crippen LogP contribution in [0.15, 0.2) is 78.9 Å². The maximum Gasteiger partial charge on any atom is 0.325 e. The van der Waals surface area contributed by atoms with Crippen molar-refractivity contribution >= 4 is 23.5 Å². The first-order chi connectivity index (χ1) is 17.5. The van der Waals surface area contributed by atoms with Crippen LogP contribution in [0.4, 0.5) is 5.69 Å². The first-order valence-electron chi connectivity index (χ1n) is 12.1. The average Bonchev–Trinajstić information content (AvgIpc) is 3.01. The summed E-state index contributed by atoms with van der Waals surface area (Å²) >= 11 is 0. The Bertz CT molecular complexity index is 1200. The molecular weight excluding hydrogens is 456 g/mol. The van der Waals surface area contributed by atoms with E-state index in [0.29, 0.717) is 31.6 Å². The summed E-state index contributed by atoms with van der Waals surface area (Å²) in [5.41, 5.74) is 4.60. The van der Waals surface area contributed by atoms with Crippen molar-refractivity contribution in [2.45, 2.75) is 32.4 Å². The number of benzene rings is 3. The van der Waals surface area contributed by atoms with Gasteiger partial charge in [0.2, 0.25) is 5.91 Å². The molecule has 3 aromatic carbocycles. The number of nitrogens with zero attached hydrogens (tertiary/aromatic N) is 1. The number of ether oxygens (including phenoxy) is 1. The van der Waals surface area contributed by atoms with E-state index in [2.05, 4.69) is 5.32 Å². The number of hydrogen-bond donors (Lipinski definition) is 1. The Morgan fingerprint density at radius 3 is 2.33 bits per heavy atom. The summed E-state index contributed by atoms with van der Waals surface area (Å²) in [6.07, 6.45) is 0.659. The summed E-state index contributed by atoms with van der Waals surface area (Å²) < 4.78 is 5.31. The first-order valence-corrected chi connectivity index (χ1v) is 12.1. The van der Waals surface area contributed by atoms with Crippen LogP contribution in [0.2, 0.25) is 0 Å². The van der Waals surface area contributed by atoms with Crippen molar-refractivity contribution in [2.75, 3.05) is 18.4 Å². The molecule has 1 unspecified atom stereocenters. The predicted octanol–water partition coefficient (Wildman–Crippen LogP) is 2.73. The number of rotatable bonds is 10. The van der Waals surface area contributed by atoms with Crippen molar-refractivity contribution in [1.82, 2.24) is 4.90 Å². The monoisotopic (exact) mass is 485 g/mol. The summed E-state index contributed by atoms with van der Waals surface area (Å²) in [7, 11) is 0. The van der Waals surface area contributed by atoms with Gasteiger partial charge in [-0.05, 0) is 53.6 Å². The third-order valence-electron chi connectivity index (χ3n) is 6.30. The van der Waals surface area contributed by atoms with Crippen molar-refractivity contribution in [2.24, 2.45) is 5.92 Å². The molecule has 36 heavy (non-hydrogen) atoms. The van der Waals surface area contributed by atoms with Gasteiger partial charge in [0, 0.05) is 30.7 Å². The summed E-state index contributed by atoms with van der Waals surface area (Å²) in [6.45, 7) is 1.11. The fraction of sp³-hybridized carbons (Fsp3) is 0.276. The van der Waals surface area contributed by atoms with Crippen molar-refractivity contribution in [3.8, 4) is 0 Å². The van der Waals surface area contributed by atoms with Gasteiger partial charge < -0.3 is 24.9 Å². The summed E-state index contributed by atoms with van der Waals surface area (Å²) in [5, 5.41) is 14.5. The van der Waals surface area contributed by atoms with Gasteiger partial charge in [-0.15, -0.1) is 0 Å². The van der Waals surface area contributed by atoms with E-state index in [9.17, 15) is 19.5 Å². The highest BCUT2D eigenvalue weighted by Gasteiger charge is 2.29. The average molecular weight is 486 g/mol. The molecule has 0 aliphatic carbocycles. The minimum atomic E-state index is -1.24. The molecule has 0 saturated carbocycles. The molecule has 1 N–H and O–H groups in total. The number of carboxylic acid groups (broad SMARTS) is 1. The van der Waals surface area contributed by atoms with Crippen LogP contribution in [0.5, 0.6) is 0 Å². The lowest BCUT2D eigenvalue weighted by atomic mass is 9.94. The predicted molar refractivity (Wildman–Crippen MR) is 134 cm³/mol. The zero-order valence-electron chi connectivity index (χ0n) is 20.0. The lowest BCUT2D eigenvalue weighted by Crippen LogP contribution is -2.38. The largest absolute Gasteiger partial charge is 0.550 e. The van der Waals surface area contributed by atoms with Gasteiger partial charge >= 0.3 is 5.97 Å². The van der Waals surface area contributed by atoms with Crippen LogP contribution in [0, 0.1) is 5.92 Å². The highest BCUT2D eigenvalue weighted by Crippen LogP contribution is 2.27. The standard InChI is InChI=1S/C29H30N2O5/c32-27(33)17-25-15-24-16-26(30-18-28(34)36-20-22-9-5-2-6-10-22)12-11-23(24)19-31(29(25)35)14-13-21-7-3-1-4-8-21/h1-12,16,25,30H,13-15,17-20H2,(H,32,33)/p-1. The SMILES string of the molecule is O=C([O-])CC1Cc2cc(NCC(=O)OCc3ccccc3)ccc2CN(CCc2ccccc2)C1=O. The van der Waals surface area contributed by atoms with E-state index >= 15 is 0 Å². The van der Waals surface area contributed by atoms with Crippen LogP contribution in [0.25, 0.3) is 0 Å². The number of carbonyl (C=O) groups is 3. The third-order valence-corrected chi connectivity index (χ3v) is 6.30. The van der Waals surface area contributed by atoms with E-state index in [1.54, 1.807) is 4.90 Å². The van der Waals surface area contributed by atoms with Crippen LogP contribution < -0.4 is 10.4 Å². The Kier molecular flexibility index (Phi) is 8.34. The van der Waals surface area contributed by atoms with Gasteiger partial charge in [-0.3, -0.25) is 9.59 Å². The molecule has 0 spiro atoms. The third kappa shape index (κ3) is 6.95. The minimum absolute atomic E-state index is 0.00374. The van der Waals surface area contributed by atoms with Gasteiger partial charge in [-0.1, -0.05) is 66.7 Å². The highest BCUT2D eigenvalue weighted by atomic mass is 16.5. The molecule has 3 aromatic rings. The number of fused-ring (bicyclic) bond motifs is 1. The summed E-state index contributed by atoms with van der Waals surface area (Å²) in [4.78, 5) is 38.5. The number of esters is 1. The van der Waals surface area contributed by atoms with E-state index in [4.69, 9.17) is 4.74 Å². The molecule has 186 valence electrons. The number of aliphatic carboxylic acids is 1. The van der Waals surface area contributed by atoms with Gasteiger partial charge in [0.1, 0.15) is 13.2 Å². The Balaban J connectivity index is 1.42. The quantitative estimate of drug-likeness (QED) is 0.444. The van der Waals surface area contributed by atoms with Crippen molar-refractivity contribution in [3.63, 3.8) is 0 Å². The Morgan fingerprint density at radius 2 is 1.64 bits per heavy atom. The zero-order valence-corrected chi connectivity index (χ0v) is 20.0. The number of hydrogen-bond acceptors (Lipinski definition) is 6. The molecular formula is C29H29N2O5-. The Labute approximate surface area is 210 Å². The topological polar surface area (TPSA) is 98.8 Å². The number of carbonyl (C=O) groups excluding carboxylic acids is 3. The second-order valence-electron chi connectivity index (χ2n) is 8.96. The molecule has 7 heteroatoms. The van der Waals surface area contributed by atoms with E-state index in [0.717, 1.165) is 22.3 Å². The van der Waals surface area contributed by atoms with Gasteiger partial charge in [0.05, 0.1) is 0 Å². The smallest absolute Gasteiger partial charge is 0.325 e. The Morgan fingerprint density at radius 1 is 0.944 bits per heavy atom. The van der Waals surface area contributed by atoms with E-state index in [1.165, 1.54) is 0 Å². The van der Waals surface area contributed by atoms with E-state index in [-0.39, 0.29) is 31.4 Å². The van der Waals surface area contributed by atoms with Gasteiger partial charge in [0.25, 0.3) is 0 Å². The van der Waals surface area contributed by atoms with Crippen molar-refractivity contribution < 1.29 is 24.2 Å². The summed E-state index contributed by atoms with van der Waals surface area (Å²) in [6, 6.07) is 25.0. The Hall–Kier alpha value is -4.13. The lowest BCUT2D eigenvalue weighted by Gasteiger charge is -2.25. The van der Waals surface area contributed by atoms with Crippen LogP contribution in [0.1, 0.15) is 28.7 Å². The molecule has 1 aliphatic heterocycles. The maximum atomic E-state index is 13.2. The molecule has 1 aliphatic rings. The first kappa shape index (κ1) is 25.0. The molecule has 1 atom stereocenters. The number of anilines is 1. The fourth-order valence-electron chi connectivity index (χ4n) is 4.40. The van der Waals surface area contributed by atoms with Crippen LogP contribution in [-0.2, 0) is 45.1 Å². The molecule has 1 amide bonds. The maximum absolute atomic E-state index is 13.2. The molecule has 0 saturated heterocycles. The number of amides is 1.